The fraction of sp³-hybridized carbons (Fsp3) is 0.500. The third kappa shape index (κ3) is 5.48. The van der Waals surface area contributed by atoms with Crippen molar-refractivity contribution < 1.29 is 8.42 Å². The molecule has 0 aliphatic rings. The molecule has 0 bridgehead atoms. The van der Waals surface area contributed by atoms with Crippen LogP contribution in [0.3, 0.4) is 0 Å². The van der Waals surface area contributed by atoms with Crippen LogP contribution in [0.4, 0.5) is 0 Å². The van der Waals surface area contributed by atoms with Gasteiger partial charge in [0, 0.05) is 6.04 Å². The van der Waals surface area contributed by atoms with Crippen molar-refractivity contribution in [3.8, 4) is 0 Å². The zero-order chi connectivity index (χ0) is 7.49. The highest BCUT2D eigenvalue weighted by molar-refractivity contribution is 7.87. The highest BCUT2D eigenvalue weighted by Gasteiger charge is 2.03. The van der Waals surface area contributed by atoms with Crippen molar-refractivity contribution in [1.82, 2.24) is 4.72 Å². The number of hydrogen-bond acceptors (Lipinski definition) is 2. The van der Waals surface area contributed by atoms with Gasteiger partial charge in [-0.2, -0.15) is 13.1 Å². The van der Waals surface area contributed by atoms with Crippen LogP contribution in [-0.4, -0.2) is 14.5 Å². The average Bonchev–Trinajstić information content (AvgIpc) is 1.62. The van der Waals surface area contributed by atoms with Crippen molar-refractivity contribution in [1.29, 1.82) is 0 Å². The third-order valence-electron chi connectivity index (χ3n) is 0.704. The summed E-state index contributed by atoms with van der Waals surface area (Å²) in [6.45, 7) is 5.00. The predicted octanol–water partition coefficient (Wildman–Crippen LogP) is -0.646. The Bertz CT molecular complexity index is 185. The lowest BCUT2D eigenvalue weighted by molar-refractivity contribution is 0.578. The van der Waals surface area contributed by atoms with Gasteiger partial charge in [0.2, 0.25) is 0 Å². The van der Waals surface area contributed by atoms with Crippen LogP contribution in [0.25, 0.3) is 0 Å². The lowest BCUT2D eigenvalue weighted by atomic mass is 10.4. The van der Waals surface area contributed by atoms with Crippen LogP contribution in [0.2, 0.25) is 0 Å². The van der Waals surface area contributed by atoms with Crippen molar-refractivity contribution >= 4 is 10.2 Å². The lowest BCUT2D eigenvalue weighted by Gasteiger charge is -2.03. The molecule has 0 amide bonds. The number of rotatable bonds is 3. The van der Waals surface area contributed by atoms with E-state index < -0.39 is 10.2 Å². The quantitative estimate of drug-likeness (QED) is 0.525. The zero-order valence-electron chi connectivity index (χ0n) is 5.16. The Morgan fingerprint density at radius 1 is 1.78 bits per heavy atom. The Morgan fingerprint density at radius 3 is 2.33 bits per heavy atom. The van der Waals surface area contributed by atoms with E-state index in [-0.39, 0.29) is 6.04 Å². The van der Waals surface area contributed by atoms with Gasteiger partial charge >= 0.3 is 0 Å². The minimum absolute atomic E-state index is 0.306. The van der Waals surface area contributed by atoms with E-state index in [0.717, 1.165) is 0 Å². The van der Waals surface area contributed by atoms with E-state index in [4.69, 9.17) is 0 Å². The number of nitrogens with two attached hydrogens (primary N) is 1. The maximum Gasteiger partial charge on any atom is 0.274 e. The first-order chi connectivity index (χ1) is 3.95. The van der Waals surface area contributed by atoms with Gasteiger partial charge in [0.05, 0.1) is 0 Å². The maximum absolute atomic E-state index is 10.2. The topological polar surface area (TPSA) is 72.2 Å². The van der Waals surface area contributed by atoms with Gasteiger partial charge < -0.3 is 0 Å². The maximum atomic E-state index is 10.2. The summed E-state index contributed by atoms with van der Waals surface area (Å²) in [7, 11) is -3.56. The fourth-order valence-corrected chi connectivity index (χ4v) is 0.922. The van der Waals surface area contributed by atoms with E-state index in [1.165, 1.54) is 6.08 Å². The molecule has 0 saturated carbocycles. The molecule has 3 N–H and O–H groups in total. The van der Waals surface area contributed by atoms with E-state index in [0.29, 0.717) is 0 Å². The van der Waals surface area contributed by atoms with Gasteiger partial charge in [0.15, 0.2) is 0 Å². The van der Waals surface area contributed by atoms with Gasteiger partial charge in [-0.25, -0.2) is 5.14 Å². The fourth-order valence-electron chi connectivity index (χ4n) is 0.307. The smallest absolute Gasteiger partial charge is 0.216 e. The summed E-state index contributed by atoms with van der Waals surface area (Å²) in [5.74, 6) is 0. The Hall–Kier alpha value is -0.390. The van der Waals surface area contributed by atoms with Crippen LogP contribution in [0, 0.1) is 0 Å². The third-order valence-corrected chi connectivity index (χ3v) is 1.40. The molecule has 4 nitrogen and oxygen atoms in total. The molecule has 0 aromatic carbocycles. The van der Waals surface area contributed by atoms with Crippen LogP contribution >= 0.6 is 0 Å². The van der Waals surface area contributed by atoms with Crippen LogP contribution in [0.15, 0.2) is 12.7 Å². The molecule has 0 heterocycles. The molecule has 9 heavy (non-hydrogen) atoms. The molecule has 54 valence electrons. The molecule has 0 aliphatic carbocycles. The molecule has 0 spiro atoms. The lowest BCUT2D eigenvalue weighted by Crippen LogP contribution is -2.36. The van der Waals surface area contributed by atoms with Crippen LogP contribution in [0.5, 0.6) is 0 Å². The first-order valence-corrected chi connectivity index (χ1v) is 3.93. The molecule has 0 rings (SSSR count). The number of hydrogen-bond donors (Lipinski definition) is 2. The van der Waals surface area contributed by atoms with Gasteiger partial charge in [-0.3, -0.25) is 0 Å². The second-order valence-electron chi connectivity index (χ2n) is 1.69. The summed E-state index contributed by atoms with van der Waals surface area (Å²) in [4.78, 5) is 0. The molecule has 0 saturated heterocycles. The highest BCUT2D eigenvalue weighted by Crippen LogP contribution is 1.81. The van der Waals surface area contributed by atoms with Gasteiger partial charge in [-0.15, -0.1) is 6.58 Å². The minimum Gasteiger partial charge on any atom is -0.216 e. The Labute approximate surface area is 54.9 Å². The Morgan fingerprint density at radius 2 is 2.22 bits per heavy atom. The normalized spacial score (nSPS) is 14.9. The van der Waals surface area contributed by atoms with Crippen molar-refractivity contribution in [3.05, 3.63) is 12.7 Å². The average molecular weight is 150 g/mol. The molecule has 0 radical (unpaired) electrons. The second kappa shape index (κ2) is 2.95. The summed E-state index contributed by atoms with van der Waals surface area (Å²) in [6.07, 6.45) is 1.45. The van der Waals surface area contributed by atoms with Gasteiger partial charge in [-0.1, -0.05) is 6.08 Å². The first kappa shape index (κ1) is 8.61. The van der Waals surface area contributed by atoms with Crippen LogP contribution in [-0.2, 0) is 10.2 Å². The van der Waals surface area contributed by atoms with E-state index >= 15 is 0 Å². The van der Waals surface area contributed by atoms with Crippen LogP contribution < -0.4 is 9.86 Å². The molecular formula is C4H10N2O2S. The standard InChI is InChI=1S/C4H10N2O2S/c1-3-4(2)6-9(5,7)8/h3-4,6H,1H2,2H3,(H2,5,7,8). The molecular weight excluding hydrogens is 140 g/mol. The van der Waals surface area contributed by atoms with Crippen molar-refractivity contribution in [2.75, 3.05) is 0 Å². The summed E-state index contributed by atoms with van der Waals surface area (Å²) in [5, 5.41) is 4.63. The number of nitrogens with one attached hydrogen (secondary N) is 1. The predicted molar refractivity (Wildman–Crippen MR) is 35.9 cm³/mol. The van der Waals surface area contributed by atoms with E-state index in [9.17, 15) is 8.42 Å². The van der Waals surface area contributed by atoms with E-state index in [1.54, 1.807) is 6.92 Å². The monoisotopic (exact) mass is 150 g/mol. The van der Waals surface area contributed by atoms with Crippen molar-refractivity contribution in [2.24, 2.45) is 5.14 Å². The molecule has 0 fully saturated rings. The molecule has 0 aliphatic heterocycles. The summed E-state index contributed by atoms with van der Waals surface area (Å²) >= 11 is 0. The van der Waals surface area contributed by atoms with Crippen molar-refractivity contribution in [3.63, 3.8) is 0 Å². The van der Waals surface area contributed by atoms with Gasteiger partial charge in [0.25, 0.3) is 10.2 Å². The summed E-state index contributed by atoms with van der Waals surface area (Å²) in [5.41, 5.74) is 0. The second-order valence-corrected chi connectivity index (χ2v) is 3.01. The van der Waals surface area contributed by atoms with E-state index in [1.807, 2.05) is 0 Å². The molecule has 5 heteroatoms. The molecule has 0 aromatic rings. The highest BCUT2D eigenvalue weighted by atomic mass is 32.2. The molecule has 1 unspecified atom stereocenters. The zero-order valence-corrected chi connectivity index (χ0v) is 5.98. The summed E-state index contributed by atoms with van der Waals surface area (Å²) < 4.78 is 22.5. The first-order valence-electron chi connectivity index (χ1n) is 2.38. The van der Waals surface area contributed by atoms with E-state index in [2.05, 4.69) is 16.4 Å². The van der Waals surface area contributed by atoms with Crippen LogP contribution in [0.1, 0.15) is 6.92 Å². The molecule has 0 aromatic heterocycles. The SMILES string of the molecule is C=CC(C)NS(N)(=O)=O. The Kier molecular flexibility index (Phi) is 2.83. The summed E-state index contributed by atoms with van der Waals surface area (Å²) in [6, 6.07) is -0.306. The Balaban J connectivity index is 3.89. The van der Waals surface area contributed by atoms with Gasteiger partial charge in [0.1, 0.15) is 0 Å². The minimum atomic E-state index is -3.56. The van der Waals surface area contributed by atoms with Gasteiger partial charge in [-0.05, 0) is 6.92 Å². The largest absolute Gasteiger partial charge is 0.274 e. The van der Waals surface area contributed by atoms with Crippen molar-refractivity contribution in [2.45, 2.75) is 13.0 Å². The molecule has 1 atom stereocenters.